The molecule has 0 unspecified atom stereocenters. The zero-order valence-corrected chi connectivity index (χ0v) is 15.4. The lowest BCUT2D eigenvalue weighted by molar-refractivity contribution is 0.415. The summed E-state index contributed by atoms with van der Waals surface area (Å²) in [7, 11) is 0.476. The van der Waals surface area contributed by atoms with Gasteiger partial charge in [-0.3, -0.25) is 13.9 Å². The van der Waals surface area contributed by atoms with Gasteiger partial charge in [-0.05, 0) is 48.5 Å². The Morgan fingerprint density at radius 3 is 1.48 bits per heavy atom. The fraction of sp³-hybridized carbons (Fsp3) is 0.333. The molecule has 2 saturated heterocycles. The van der Waals surface area contributed by atoms with Gasteiger partial charge in [0.15, 0.2) is 0 Å². The summed E-state index contributed by atoms with van der Waals surface area (Å²) >= 11 is 0. The molecule has 2 aromatic carbocycles. The van der Waals surface area contributed by atoms with Gasteiger partial charge in [-0.2, -0.15) is 0 Å². The van der Waals surface area contributed by atoms with E-state index in [4.69, 9.17) is 9.47 Å². The maximum Gasteiger partial charge on any atom is 0.335 e. The highest BCUT2D eigenvalue weighted by molar-refractivity contribution is 7.65. The lowest BCUT2D eigenvalue weighted by Crippen LogP contribution is -2.26. The van der Waals surface area contributed by atoms with E-state index in [0.717, 1.165) is 49.1 Å². The van der Waals surface area contributed by atoms with Crippen LogP contribution in [0.15, 0.2) is 48.5 Å². The summed E-state index contributed by atoms with van der Waals surface area (Å²) in [5, 5.41) is 0. The van der Waals surface area contributed by atoms with Crippen LogP contribution in [0.4, 0.5) is 11.4 Å². The normalized spacial score (nSPS) is 19.1. The third-order valence-corrected chi connectivity index (χ3v) is 8.13. The molecule has 0 aliphatic carbocycles. The summed E-state index contributed by atoms with van der Waals surface area (Å²) in [5.41, 5.74) is 1.93. The molecule has 0 aromatic heterocycles. The van der Waals surface area contributed by atoms with Crippen LogP contribution in [-0.4, -0.2) is 45.1 Å². The molecule has 0 radical (unpaired) electrons. The van der Waals surface area contributed by atoms with E-state index < -0.39 is 7.59 Å². The van der Waals surface area contributed by atoms with Gasteiger partial charge in [0.25, 0.3) is 0 Å². The van der Waals surface area contributed by atoms with Gasteiger partial charge in [0.1, 0.15) is 11.5 Å². The predicted octanol–water partition coefficient (Wildman–Crippen LogP) is 3.45. The number of hydrogen-bond donors (Lipinski definition) is 0. The van der Waals surface area contributed by atoms with Crippen LogP contribution in [0.5, 0.6) is 11.5 Å². The minimum absolute atomic E-state index is 0.760. The average Bonchev–Trinajstić information content (AvgIpc) is 3.16. The standard InChI is InChI=1S/C18H22N3O3P/c1-23-17-7-3-15(4-8-17)20-13-11-19-12-14-21(25(19,20)22)16-5-9-18(24-2)10-6-16/h3-10H,11-14H2,1-2H3. The molecule has 2 aliphatic rings. The maximum atomic E-state index is 14.1. The van der Waals surface area contributed by atoms with E-state index in [1.54, 1.807) is 14.2 Å². The zero-order chi connectivity index (χ0) is 17.4. The van der Waals surface area contributed by atoms with Crippen LogP contribution >= 0.6 is 7.59 Å². The molecule has 0 N–H and O–H groups in total. The number of methoxy groups -OCH3 is 2. The van der Waals surface area contributed by atoms with Crippen molar-refractivity contribution in [3.8, 4) is 11.5 Å². The van der Waals surface area contributed by atoms with Gasteiger partial charge in [-0.1, -0.05) is 0 Å². The Bertz CT molecular complexity index is 731. The molecule has 2 aliphatic heterocycles. The first-order valence-corrected chi connectivity index (χ1v) is 9.93. The Balaban J connectivity index is 1.69. The molecule has 6 nitrogen and oxygen atoms in total. The van der Waals surface area contributed by atoms with E-state index in [2.05, 4.69) is 4.67 Å². The Labute approximate surface area is 148 Å². The summed E-state index contributed by atoms with van der Waals surface area (Å²) < 4.78 is 30.7. The third-order valence-electron chi connectivity index (χ3n) is 4.88. The summed E-state index contributed by atoms with van der Waals surface area (Å²) in [6, 6.07) is 15.6. The van der Waals surface area contributed by atoms with Crippen LogP contribution in [0.2, 0.25) is 0 Å². The lowest BCUT2D eigenvalue weighted by Gasteiger charge is -2.34. The highest BCUT2D eigenvalue weighted by Gasteiger charge is 2.52. The average molecular weight is 359 g/mol. The minimum Gasteiger partial charge on any atom is -0.497 e. The van der Waals surface area contributed by atoms with Crippen molar-refractivity contribution in [3.05, 3.63) is 48.5 Å². The molecule has 2 fully saturated rings. The van der Waals surface area contributed by atoms with Gasteiger partial charge < -0.3 is 9.47 Å². The molecule has 0 spiro atoms. The van der Waals surface area contributed by atoms with Gasteiger partial charge in [-0.25, -0.2) is 4.67 Å². The predicted molar refractivity (Wildman–Crippen MR) is 99.9 cm³/mol. The lowest BCUT2D eigenvalue weighted by atomic mass is 10.3. The number of hydrogen-bond acceptors (Lipinski definition) is 3. The van der Waals surface area contributed by atoms with Crippen LogP contribution in [-0.2, 0) is 4.57 Å². The number of anilines is 2. The van der Waals surface area contributed by atoms with Crippen molar-refractivity contribution in [2.45, 2.75) is 0 Å². The van der Waals surface area contributed by atoms with Crippen molar-refractivity contribution >= 4 is 19.0 Å². The quantitative estimate of drug-likeness (QED) is 0.779. The largest absolute Gasteiger partial charge is 0.497 e. The Kier molecular flexibility index (Phi) is 4.10. The fourth-order valence-electron chi connectivity index (χ4n) is 3.56. The molecular weight excluding hydrogens is 337 g/mol. The Hall–Kier alpha value is -2.17. The number of nitrogens with zero attached hydrogens (tertiary/aromatic N) is 3. The summed E-state index contributed by atoms with van der Waals surface area (Å²) in [4.78, 5) is 0. The fourth-order valence-corrected chi connectivity index (χ4v) is 6.70. The third kappa shape index (κ3) is 2.57. The van der Waals surface area contributed by atoms with Crippen molar-refractivity contribution in [1.82, 2.24) is 4.67 Å². The van der Waals surface area contributed by atoms with E-state index in [-0.39, 0.29) is 0 Å². The van der Waals surface area contributed by atoms with Crippen LogP contribution < -0.4 is 18.8 Å². The van der Waals surface area contributed by atoms with Crippen molar-refractivity contribution < 1.29 is 14.0 Å². The number of ether oxygens (including phenoxy) is 2. The second-order valence-electron chi connectivity index (χ2n) is 6.11. The monoisotopic (exact) mass is 359 g/mol. The molecule has 7 heteroatoms. The Morgan fingerprint density at radius 1 is 0.720 bits per heavy atom. The topological polar surface area (TPSA) is 45.2 Å². The van der Waals surface area contributed by atoms with Gasteiger partial charge in [0, 0.05) is 37.6 Å². The second kappa shape index (κ2) is 6.28. The highest BCUT2D eigenvalue weighted by atomic mass is 31.2. The van der Waals surface area contributed by atoms with E-state index in [9.17, 15) is 4.57 Å². The van der Waals surface area contributed by atoms with Gasteiger partial charge in [-0.15, -0.1) is 0 Å². The van der Waals surface area contributed by atoms with Crippen molar-refractivity contribution in [2.75, 3.05) is 49.7 Å². The van der Waals surface area contributed by atoms with Crippen molar-refractivity contribution in [3.63, 3.8) is 0 Å². The van der Waals surface area contributed by atoms with E-state index in [1.807, 2.05) is 57.9 Å². The summed E-state index contributed by atoms with van der Waals surface area (Å²) in [5.74, 6) is 1.60. The second-order valence-corrected chi connectivity index (χ2v) is 8.67. The van der Waals surface area contributed by atoms with Crippen molar-refractivity contribution in [1.29, 1.82) is 0 Å². The zero-order valence-electron chi connectivity index (χ0n) is 14.5. The molecule has 2 heterocycles. The molecular formula is C18H22N3O3P. The minimum atomic E-state index is -2.82. The van der Waals surface area contributed by atoms with Gasteiger partial charge >= 0.3 is 7.59 Å². The molecule has 4 rings (SSSR count). The number of benzene rings is 2. The van der Waals surface area contributed by atoms with E-state index in [1.165, 1.54) is 0 Å². The maximum absolute atomic E-state index is 14.1. The molecule has 0 atom stereocenters. The molecule has 25 heavy (non-hydrogen) atoms. The van der Waals surface area contributed by atoms with E-state index >= 15 is 0 Å². The van der Waals surface area contributed by atoms with Crippen LogP contribution in [0.1, 0.15) is 0 Å². The van der Waals surface area contributed by atoms with Crippen LogP contribution in [0.25, 0.3) is 0 Å². The van der Waals surface area contributed by atoms with E-state index in [0.29, 0.717) is 0 Å². The molecule has 0 amide bonds. The number of fused-ring (bicyclic) bond motifs is 1. The smallest absolute Gasteiger partial charge is 0.335 e. The molecule has 0 saturated carbocycles. The SMILES string of the molecule is COc1ccc(N2CCN3CCN(c4ccc(OC)cc4)P32=O)cc1. The highest BCUT2D eigenvalue weighted by Crippen LogP contribution is 2.65. The van der Waals surface area contributed by atoms with Crippen LogP contribution in [0.3, 0.4) is 0 Å². The first kappa shape index (κ1) is 16.3. The molecule has 2 aromatic rings. The van der Waals surface area contributed by atoms with Gasteiger partial charge in [0.2, 0.25) is 0 Å². The summed E-state index contributed by atoms with van der Waals surface area (Å²) in [6.45, 7) is 3.15. The number of rotatable bonds is 4. The van der Waals surface area contributed by atoms with Crippen LogP contribution in [0, 0.1) is 0 Å². The Morgan fingerprint density at radius 2 is 1.12 bits per heavy atom. The van der Waals surface area contributed by atoms with Gasteiger partial charge in [0.05, 0.1) is 14.2 Å². The first-order valence-electron chi connectivity index (χ1n) is 8.36. The first-order chi connectivity index (χ1) is 12.2. The van der Waals surface area contributed by atoms with Crippen molar-refractivity contribution in [2.24, 2.45) is 0 Å². The molecule has 0 bridgehead atoms. The summed E-state index contributed by atoms with van der Waals surface area (Å²) in [6.07, 6.45) is 0. The molecule has 132 valence electrons.